The van der Waals surface area contributed by atoms with E-state index in [4.69, 9.17) is 0 Å². The van der Waals surface area contributed by atoms with Crippen LogP contribution in [-0.4, -0.2) is 29.0 Å². The number of hydrogen-bond donors (Lipinski definition) is 0. The molecule has 0 spiro atoms. The lowest BCUT2D eigenvalue weighted by Gasteiger charge is -2.16. The zero-order chi connectivity index (χ0) is 11.8. The summed E-state index contributed by atoms with van der Waals surface area (Å²) in [5, 5.41) is 0.248. The Morgan fingerprint density at radius 3 is 2.38 bits per heavy atom. The van der Waals surface area contributed by atoms with Crippen LogP contribution in [0.2, 0.25) is 0 Å². The van der Waals surface area contributed by atoms with Crippen LogP contribution in [0.1, 0.15) is 19.4 Å². The summed E-state index contributed by atoms with van der Waals surface area (Å²) in [4.78, 5) is 13.9. The monoisotopic (exact) mass is 237 g/mol. The first-order chi connectivity index (χ1) is 7.76. The van der Waals surface area contributed by atoms with Crippen LogP contribution in [0.5, 0.6) is 0 Å². The van der Waals surface area contributed by atoms with Gasteiger partial charge >= 0.3 is 0 Å². The Hall–Kier alpha value is -0.800. The molecule has 0 N–H and O–H groups in total. The van der Waals surface area contributed by atoms with Gasteiger partial charge in [-0.2, -0.15) is 0 Å². The molecule has 0 heterocycles. The average molecular weight is 237 g/mol. The highest BCUT2D eigenvalue weighted by Crippen LogP contribution is 2.10. The van der Waals surface area contributed by atoms with Gasteiger partial charge in [-0.1, -0.05) is 55.9 Å². The number of benzene rings is 1. The van der Waals surface area contributed by atoms with Gasteiger partial charge in [0, 0.05) is 6.42 Å². The minimum atomic E-state index is 0.248. The zero-order valence-electron chi connectivity index (χ0n) is 9.98. The highest BCUT2D eigenvalue weighted by molar-refractivity contribution is 8.13. The van der Waals surface area contributed by atoms with Crippen LogP contribution in [0, 0.1) is 0 Å². The third-order valence-electron chi connectivity index (χ3n) is 2.49. The molecule has 1 rings (SSSR count). The summed E-state index contributed by atoms with van der Waals surface area (Å²) in [7, 11) is 0. The van der Waals surface area contributed by atoms with Crippen molar-refractivity contribution >= 4 is 16.9 Å². The Morgan fingerprint density at radius 1 is 1.19 bits per heavy atom. The van der Waals surface area contributed by atoms with Crippen LogP contribution in [-0.2, 0) is 11.2 Å². The van der Waals surface area contributed by atoms with Crippen molar-refractivity contribution in [1.29, 1.82) is 0 Å². The Kier molecular flexibility index (Phi) is 6.19. The van der Waals surface area contributed by atoms with Gasteiger partial charge in [-0.25, -0.2) is 0 Å². The first kappa shape index (κ1) is 13.3. The van der Waals surface area contributed by atoms with Crippen LogP contribution in [0.15, 0.2) is 30.3 Å². The summed E-state index contributed by atoms with van der Waals surface area (Å²) in [6, 6.07) is 9.90. The van der Waals surface area contributed by atoms with E-state index < -0.39 is 0 Å². The molecule has 3 heteroatoms. The second kappa shape index (κ2) is 7.47. The number of hydrogen-bond acceptors (Lipinski definition) is 3. The lowest BCUT2D eigenvalue weighted by atomic mass is 10.2. The molecule has 0 saturated heterocycles. The molecule has 0 saturated carbocycles. The third kappa shape index (κ3) is 4.81. The van der Waals surface area contributed by atoms with Crippen molar-refractivity contribution in [1.82, 2.24) is 4.90 Å². The van der Waals surface area contributed by atoms with Gasteiger partial charge in [-0.05, 0) is 18.7 Å². The molecule has 0 aliphatic carbocycles. The van der Waals surface area contributed by atoms with Crippen LogP contribution in [0.4, 0.5) is 0 Å². The van der Waals surface area contributed by atoms with Gasteiger partial charge in [0.15, 0.2) is 5.12 Å². The van der Waals surface area contributed by atoms with Crippen molar-refractivity contribution < 1.29 is 4.79 Å². The molecule has 88 valence electrons. The van der Waals surface area contributed by atoms with Crippen molar-refractivity contribution in [2.75, 3.05) is 19.0 Å². The van der Waals surface area contributed by atoms with E-state index in [1.54, 1.807) is 0 Å². The van der Waals surface area contributed by atoms with E-state index in [0.29, 0.717) is 6.42 Å². The van der Waals surface area contributed by atoms with E-state index in [-0.39, 0.29) is 5.12 Å². The van der Waals surface area contributed by atoms with Crippen LogP contribution >= 0.6 is 11.8 Å². The highest BCUT2D eigenvalue weighted by atomic mass is 32.2. The van der Waals surface area contributed by atoms with E-state index in [2.05, 4.69) is 18.7 Å². The van der Waals surface area contributed by atoms with Gasteiger partial charge in [-0.3, -0.25) is 9.69 Å². The standard InChI is InChI=1S/C13H19NOS/c1-3-14(4-2)11-16-13(15)10-12-8-6-5-7-9-12/h5-9H,3-4,10-11H2,1-2H3. The highest BCUT2D eigenvalue weighted by Gasteiger charge is 2.06. The smallest absolute Gasteiger partial charge is 0.194 e. The molecular weight excluding hydrogens is 218 g/mol. The molecule has 0 aliphatic heterocycles. The van der Waals surface area contributed by atoms with Gasteiger partial charge < -0.3 is 0 Å². The second-order valence-corrected chi connectivity index (χ2v) is 4.61. The van der Waals surface area contributed by atoms with E-state index in [9.17, 15) is 4.79 Å². The average Bonchev–Trinajstić information content (AvgIpc) is 2.31. The quantitative estimate of drug-likeness (QED) is 0.710. The summed E-state index contributed by atoms with van der Waals surface area (Å²) in [5.41, 5.74) is 1.10. The first-order valence-corrected chi connectivity index (χ1v) is 6.66. The van der Waals surface area contributed by atoms with E-state index in [0.717, 1.165) is 24.5 Å². The van der Waals surface area contributed by atoms with Crippen molar-refractivity contribution in [3.8, 4) is 0 Å². The lowest BCUT2D eigenvalue weighted by Crippen LogP contribution is -2.23. The SMILES string of the molecule is CCN(CC)CSC(=O)Cc1ccccc1. The number of thioether (sulfide) groups is 1. The minimum absolute atomic E-state index is 0.248. The predicted molar refractivity (Wildman–Crippen MR) is 70.5 cm³/mol. The van der Waals surface area contributed by atoms with E-state index in [1.165, 1.54) is 11.8 Å². The predicted octanol–water partition coefficient (Wildman–Crippen LogP) is 2.79. The van der Waals surface area contributed by atoms with Crippen molar-refractivity contribution in [2.24, 2.45) is 0 Å². The minimum Gasteiger partial charge on any atom is -0.294 e. The summed E-state index contributed by atoms with van der Waals surface area (Å²) in [6.45, 7) is 6.24. The Labute approximate surface area is 102 Å². The maximum Gasteiger partial charge on any atom is 0.194 e. The van der Waals surface area contributed by atoms with Gasteiger partial charge in [0.2, 0.25) is 0 Å². The van der Waals surface area contributed by atoms with Crippen LogP contribution < -0.4 is 0 Å². The Bertz CT molecular complexity index is 309. The molecule has 0 fully saturated rings. The third-order valence-corrected chi connectivity index (χ3v) is 3.45. The normalized spacial score (nSPS) is 10.7. The fourth-order valence-corrected chi connectivity index (χ4v) is 2.34. The number of rotatable bonds is 6. The number of carbonyl (C=O) groups is 1. The zero-order valence-corrected chi connectivity index (χ0v) is 10.8. The van der Waals surface area contributed by atoms with Gasteiger partial charge in [0.1, 0.15) is 0 Å². The largest absolute Gasteiger partial charge is 0.294 e. The van der Waals surface area contributed by atoms with Crippen molar-refractivity contribution in [2.45, 2.75) is 20.3 Å². The molecule has 0 amide bonds. The van der Waals surface area contributed by atoms with Gasteiger partial charge in [0.05, 0.1) is 5.88 Å². The molecule has 0 atom stereocenters. The van der Waals surface area contributed by atoms with Crippen molar-refractivity contribution in [3.05, 3.63) is 35.9 Å². The molecule has 0 radical (unpaired) electrons. The van der Waals surface area contributed by atoms with E-state index >= 15 is 0 Å². The molecular formula is C13H19NOS. The van der Waals surface area contributed by atoms with E-state index in [1.807, 2.05) is 30.3 Å². The molecule has 0 aliphatic rings. The number of carbonyl (C=O) groups excluding carboxylic acids is 1. The summed E-state index contributed by atoms with van der Waals surface area (Å²) >= 11 is 1.42. The summed E-state index contributed by atoms with van der Waals surface area (Å²) in [5.74, 6) is 0.804. The number of nitrogens with zero attached hydrogens (tertiary/aromatic N) is 1. The van der Waals surface area contributed by atoms with Crippen LogP contribution in [0.25, 0.3) is 0 Å². The lowest BCUT2D eigenvalue weighted by molar-refractivity contribution is -0.110. The molecule has 0 aromatic heterocycles. The fraction of sp³-hybridized carbons (Fsp3) is 0.462. The molecule has 1 aromatic carbocycles. The van der Waals surface area contributed by atoms with Crippen molar-refractivity contribution in [3.63, 3.8) is 0 Å². The molecule has 0 bridgehead atoms. The molecule has 1 aromatic rings. The summed E-state index contributed by atoms with van der Waals surface area (Å²) < 4.78 is 0. The maximum atomic E-state index is 11.7. The van der Waals surface area contributed by atoms with Crippen LogP contribution in [0.3, 0.4) is 0 Å². The topological polar surface area (TPSA) is 20.3 Å². The molecule has 2 nitrogen and oxygen atoms in total. The molecule has 16 heavy (non-hydrogen) atoms. The Morgan fingerprint density at radius 2 is 1.81 bits per heavy atom. The Balaban J connectivity index is 2.31. The van der Waals surface area contributed by atoms with Gasteiger partial charge in [0.25, 0.3) is 0 Å². The maximum absolute atomic E-state index is 11.7. The summed E-state index contributed by atoms with van der Waals surface area (Å²) in [6.07, 6.45) is 0.534. The fourth-order valence-electron chi connectivity index (χ4n) is 1.38. The first-order valence-electron chi connectivity index (χ1n) is 5.68. The second-order valence-electron chi connectivity index (χ2n) is 3.61. The molecule has 0 unspecified atom stereocenters. The van der Waals surface area contributed by atoms with Gasteiger partial charge in [-0.15, -0.1) is 0 Å².